The van der Waals surface area contributed by atoms with Gasteiger partial charge in [-0.15, -0.1) is 0 Å². The Morgan fingerprint density at radius 2 is 1.81 bits per heavy atom. The van der Waals surface area contributed by atoms with Gasteiger partial charge in [-0.1, -0.05) is 24.3 Å². The number of carbonyl (C=O) groups is 1. The van der Waals surface area contributed by atoms with E-state index in [-0.39, 0.29) is 22.9 Å². The molecule has 1 atom stereocenters. The number of methoxy groups -OCH3 is 1. The van der Waals surface area contributed by atoms with E-state index < -0.39 is 10.0 Å². The first-order chi connectivity index (χ1) is 14.8. The minimum atomic E-state index is -3.67. The molecule has 1 aliphatic rings. The number of benzene rings is 2. The summed E-state index contributed by atoms with van der Waals surface area (Å²) in [6.45, 7) is 5.84. The molecule has 1 aliphatic heterocycles. The van der Waals surface area contributed by atoms with Gasteiger partial charge in [0.15, 0.2) is 0 Å². The van der Waals surface area contributed by atoms with Gasteiger partial charge in [-0.25, -0.2) is 13.1 Å². The van der Waals surface area contributed by atoms with Gasteiger partial charge in [-0.2, -0.15) is 0 Å². The van der Waals surface area contributed by atoms with E-state index in [9.17, 15) is 13.2 Å². The van der Waals surface area contributed by atoms with E-state index in [1.165, 1.54) is 12.1 Å². The molecule has 1 heterocycles. The lowest BCUT2D eigenvalue weighted by Gasteiger charge is -2.29. The van der Waals surface area contributed by atoms with Crippen LogP contribution in [0.15, 0.2) is 53.4 Å². The molecule has 31 heavy (non-hydrogen) atoms. The highest BCUT2D eigenvalue weighted by molar-refractivity contribution is 7.89. The van der Waals surface area contributed by atoms with Crippen LogP contribution in [0.5, 0.6) is 5.75 Å². The van der Waals surface area contributed by atoms with Gasteiger partial charge < -0.3 is 10.1 Å². The molecule has 1 fully saturated rings. The van der Waals surface area contributed by atoms with Crippen molar-refractivity contribution in [2.45, 2.75) is 43.7 Å². The molecule has 1 saturated heterocycles. The van der Waals surface area contributed by atoms with Crippen molar-refractivity contribution in [3.05, 3.63) is 59.7 Å². The fourth-order valence-corrected chi connectivity index (χ4v) is 5.20. The number of para-hydroxylation sites is 1. The first kappa shape index (κ1) is 23.2. The van der Waals surface area contributed by atoms with Crippen LogP contribution >= 0.6 is 0 Å². The first-order valence-corrected chi connectivity index (χ1v) is 12.1. The van der Waals surface area contributed by atoms with Crippen molar-refractivity contribution in [3.8, 4) is 5.75 Å². The third-order valence-electron chi connectivity index (χ3n) is 5.33. The summed E-state index contributed by atoms with van der Waals surface area (Å²) in [7, 11) is -2.02. The molecule has 3 rings (SSSR count). The van der Waals surface area contributed by atoms with Gasteiger partial charge in [-0.3, -0.25) is 9.69 Å². The molecule has 0 aliphatic carbocycles. The lowest BCUT2D eigenvalue weighted by Crippen LogP contribution is -2.37. The van der Waals surface area contributed by atoms with Gasteiger partial charge in [0.25, 0.3) is 5.91 Å². The highest BCUT2D eigenvalue weighted by Crippen LogP contribution is 2.31. The van der Waals surface area contributed by atoms with Crippen LogP contribution in [0, 0.1) is 0 Å². The number of rotatable bonds is 9. The van der Waals surface area contributed by atoms with Gasteiger partial charge in [0, 0.05) is 23.7 Å². The summed E-state index contributed by atoms with van der Waals surface area (Å²) in [5.41, 5.74) is 1.34. The zero-order valence-electron chi connectivity index (χ0n) is 18.3. The van der Waals surface area contributed by atoms with Gasteiger partial charge in [0.05, 0.1) is 18.0 Å². The number of sulfonamides is 1. The van der Waals surface area contributed by atoms with Gasteiger partial charge in [-0.05, 0) is 64.0 Å². The SMILES string of the molecule is COc1ccccc1C(CNC(=O)c1cccc(S(=O)(=O)NC(C)C)c1)N1CCCC1. The topological polar surface area (TPSA) is 87.7 Å². The van der Waals surface area contributed by atoms with Gasteiger partial charge >= 0.3 is 0 Å². The third kappa shape index (κ3) is 5.84. The summed E-state index contributed by atoms with van der Waals surface area (Å²) in [6.07, 6.45) is 2.25. The van der Waals surface area contributed by atoms with Crippen molar-refractivity contribution in [3.63, 3.8) is 0 Å². The number of hydrogen-bond acceptors (Lipinski definition) is 5. The van der Waals surface area contributed by atoms with Crippen LogP contribution in [0.25, 0.3) is 0 Å². The number of amides is 1. The Balaban J connectivity index is 1.78. The van der Waals surface area contributed by atoms with Crippen LogP contribution < -0.4 is 14.8 Å². The van der Waals surface area contributed by atoms with Gasteiger partial charge in [0.1, 0.15) is 5.75 Å². The van der Waals surface area contributed by atoms with E-state index in [0.29, 0.717) is 12.1 Å². The molecule has 7 nitrogen and oxygen atoms in total. The Morgan fingerprint density at radius 3 is 2.48 bits per heavy atom. The summed E-state index contributed by atoms with van der Waals surface area (Å²) in [6, 6.07) is 13.7. The maximum Gasteiger partial charge on any atom is 0.251 e. The molecule has 0 spiro atoms. The van der Waals surface area contributed by atoms with Crippen LogP contribution in [0.1, 0.15) is 48.7 Å². The van der Waals surface area contributed by atoms with Crippen molar-refractivity contribution >= 4 is 15.9 Å². The molecule has 2 N–H and O–H groups in total. The molecular formula is C23H31N3O4S. The van der Waals surface area contributed by atoms with E-state index >= 15 is 0 Å². The van der Waals surface area contributed by atoms with Crippen molar-refractivity contribution in [2.24, 2.45) is 0 Å². The van der Waals surface area contributed by atoms with Crippen LogP contribution in [0.3, 0.4) is 0 Å². The van der Waals surface area contributed by atoms with E-state index in [0.717, 1.165) is 37.2 Å². The molecule has 0 saturated carbocycles. The predicted molar refractivity (Wildman–Crippen MR) is 121 cm³/mol. The van der Waals surface area contributed by atoms with E-state index in [2.05, 4.69) is 14.9 Å². The third-order valence-corrected chi connectivity index (χ3v) is 6.99. The second kappa shape index (κ2) is 10.3. The minimum absolute atomic E-state index is 0.0166. The van der Waals surface area contributed by atoms with Crippen molar-refractivity contribution in [2.75, 3.05) is 26.7 Å². The average Bonchev–Trinajstić information content (AvgIpc) is 3.28. The summed E-state index contributed by atoms with van der Waals surface area (Å²) in [5, 5.41) is 2.99. The molecule has 2 aromatic rings. The lowest BCUT2D eigenvalue weighted by molar-refractivity contribution is 0.0937. The number of nitrogens with one attached hydrogen (secondary N) is 2. The number of nitrogens with zero attached hydrogens (tertiary/aromatic N) is 1. The maximum absolute atomic E-state index is 12.9. The summed E-state index contributed by atoms with van der Waals surface area (Å²) < 4.78 is 33.0. The number of hydrogen-bond donors (Lipinski definition) is 2. The van der Waals surface area contributed by atoms with Crippen LogP contribution in [-0.2, 0) is 10.0 Å². The molecule has 168 valence electrons. The van der Waals surface area contributed by atoms with Crippen LogP contribution in [0.2, 0.25) is 0 Å². The zero-order chi connectivity index (χ0) is 22.4. The number of likely N-dealkylation sites (tertiary alicyclic amines) is 1. The molecule has 0 radical (unpaired) electrons. The minimum Gasteiger partial charge on any atom is -0.496 e. The number of carbonyl (C=O) groups excluding carboxylic acids is 1. The second-order valence-corrected chi connectivity index (χ2v) is 9.73. The molecule has 1 amide bonds. The van der Waals surface area contributed by atoms with E-state index in [4.69, 9.17) is 4.74 Å². The molecule has 2 aromatic carbocycles. The van der Waals surface area contributed by atoms with E-state index in [1.54, 1.807) is 33.1 Å². The molecule has 8 heteroatoms. The smallest absolute Gasteiger partial charge is 0.251 e. The Labute approximate surface area is 184 Å². The molecule has 1 unspecified atom stereocenters. The Kier molecular flexibility index (Phi) is 7.69. The number of ether oxygens (including phenoxy) is 1. The molecule has 0 bridgehead atoms. The first-order valence-electron chi connectivity index (χ1n) is 10.6. The molecular weight excluding hydrogens is 414 g/mol. The monoisotopic (exact) mass is 445 g/mol. The summed E-state index contributed by atoms with van der Waals surface area (Å²) in [4.78, 5) is 15.3. The van der Waals surface area contributed by atoms with Crippen molar-refractivity contribution in [1.29, 1.82) is 0 Å². The van der Waals surface area contributed by atoms with Crippen molar-refractivity contribution < 1.29 is 17.9 Å². The lowest BCUT2D eigenvalue weighted by atomic mass is 10.0. The largest absolute Gasteiger partial charge is 0.496 e. The van der Waals surface area contributed by atoms with E-state index in [1.807, 2.05) is 24.3 Å². The quantitative estimate of drug-likeness (QED) is 0.620. The second-order valence-electron chi connectivity index (χ2n) is 8.01. The Hall–Kier alpha value is -2.42. The average molecular weight is 446 g/mol. The standard InChI is InChI=1S/C23H31N3O4S/c1-17(2)25-31(28,29)19-10-8-9-18(15-19)23(27)24-16-21(26-13-6-7-14-26)20-11-4-5-12-22(20)30-3/h4-5,8-12,15,17,21,25H,6-7,13-14,16H2,1-3H3,(H,24,27). The van der Waals surface area contributed by atoms with Crippen molar-refractivity contribution in [1.82, 2.24) is 14.9 Å². The summed E-state index contributed by atoms with van der Waals surface area (Å²) >= 11 is 0. The van der Waals surface area contributed by atoms with Gasteiger partial charge in [0.2, 0.25) is 10.0 Å². The maximum atomic E-state index is 12.9. The highest BCUT2D eigenvalue weighted by Gasteiger charge is 2.26. The Morgan fingerprint density at radius 1 is 1.10 bits per heavy atom. The summed E-state index contributed by atoms with van der Waals surface area (Å²) in [5.74, 6) is 0.488. The Bertz CT molecular complexity index is 1000. The zero-order valence-corrected chi connectivity index (χ0v) is 19.1. The van der Waals surface area contributed by atoms with Crippen LogP contribution in [0.4, 0.5) is 0 Å². The fourth-order valence-electron chi connectivity index (χ4n) is 3.91. The fraction of sp³-hybridized carbons (Fsp3) is 0.435. The van der Waals surface area contributed by atoms with Crippen LogP contribution in [-0.4, -0.2) is 52.0 Å². The normalized spacial score (nSPS) is 15.7. The predicted octanol–water partition coefficient (Wildman–Crippen LogP) is 2.95. The highest BCUT2D eigenvalue weighted by atomic mass is 32.2. The molecule has 0 aromatic heterocycles.